The highest BCUT2D eigenvalue weighted by Gasteiger charge is 2.27. The molecule has 0 saturated carbocycles. The van der Waals surface area contributed by atoms with Crippen LogP contribution >= 0.6 is 11.6 Å². The van der Waals surface area contributed by atoms with E-state index in [2.05, 4.69) is 39.8 Å². The van der Waals surface area contributed by atoms with Crippen molar-refractivity contribution in [3.05, 3.63) is 58.1 Å². The van der Waals surface area contributed by atoms with Gasteiger partial charge in [0.25, 0.3) is 0 Å². The van der Waals surface area contributed by atoms with Crippen molar-refractivity contribution in [1.82, 2.24) is 9.62 Å². The average molecular weight is 434 g/mol. The molecule has 2 aromatic carbocycles. The minimum absolute atomic E-state index is 0.102. The molecule has 2 aromatic rings. The number of piperazine rings is 1. The maximum absolute atomic E-state index is 12.8. The molecule has 2 aliphatic rings. The van der Waals surface area contributed by atoms with Crippen LogP contribution in [-0.4, -0.2) is 52.6 Å². The van der Waals surface area contributed by atoms with E-state index in [9.17, 15) is 8.42 Å². The molecular formula is C22H28ClN3O2S. The summed E-state index contributed by atoms with van der Waals surface area (Å²) in [6.45, 7) is 6.09. The minimum Gasteiger partial charge on any atom is -0.369 e. The second-order valence-electron chi connectivity index (χ2n) is 8.18. The van der Waals surface area contributed by atoms with Crippen LogP contribution in [0.2, 0.25) is 5.02 Å². The van der Waals surface area contributed by atoms with Crippen LogP contribution in [0.3, 0.4) is 0 Å². The fraction of sp³-hybridized carbons (Fsp3) is 0.455. The number of benzene rings is 2. The molecule has 4 rings (SSSR count). The van der Waals surface area contributed by atoms with Crippen molar-refractivity contribution in [3.63, 3.8) is 0 Å². The standard InChI is InChI=1S/C22H28ClN3O2S/c1-16-6-8-19(15-21(16)23)29(27,28)24-18-7-9-20-17(14-18)4-3-5-22(20)26-12-10-25(2)11-13-26/h3-6,8,15,18,24H,7,9-14H2,1-2H3/t18-/m0/s1. The molecule has 1 fully saturated rings. The van der Waals surface area contributed by atoms with Gasteiger partial charge in [0, 0.05) is 42.9 Å². The molecule has 0 aromatic heterocycles. The second kappa shape index (κ2) is 8.26. The fourth-order valence-electron chi connectivity index (χ4n) is 4.26. The van der Waals surface area contributed by atoms with Crippen molar-refractivity contribution < 1.29 is 8.42 Å². The molecule has 1 atom stereocenters. The molecule has 1 N–H and O–H groups in total. The van der Waals surface area contributed by atoms with E-state index in [1.807, 2.05) is 6.92 Å². The van der Waals surface area contributed by atoms with Crippen LogP contribution < -0.4 is 9.62 Å². The molecule has 0 spiro atoms. The van der Waals surface area contributed by atoms with Crippen LogP contribution in [0.4, 0.5) is 5.69 Å². The lowest BCUT2D eigenvalue weighted by atomic mass is 9.87. The van der Waals surface area contributed by atoms with E-state index in [1.54, 1.807) is 12.1 Å². The smallest absolute Gasteiger partial charge is 0.240 e. The minimum atomic E-state index is -3.59. The van der Waals surface area contributed by atoms with Crippen LogP contribution in [0.25, 0.3) is 0 Å². The number of hydrogen-bond donors (Lipinski definition) is 1. The SMILES string of the molecule is Cc1ccc(S(=O)(=O)N[C@H]2CCc3c(cccc3N3CCN(C)CC3)C2)cc1Cl. The van der Waals surface area contributed by atoms with Gasteiger partial charge in [-0.05, 0) is 68.1 Å². The van der Waals surface area contributed by atoms with E-state index in [4.69, 9.17) is 11.6 Å². The highest BCUT2D eigenvalue weighted by Crippen LogP contribution is 2.32. The Labute approximate surface area is 178 Å². The van der Waals surface area contributed by atoms with Gasteiger partial charge >= 0.3 is 0 Å². The monoisotopic (exact) mass is 433 g/mol. The Hall–Kier alpha value is -1.60. The Morgan fingerprint density at radius 3 is 2.59 bits per heavy atom. The van der Waals surface area contributed by atoms with Crippen molar-refractivity contribution in [3.8, 4) is 0 Å². The number of fused-ring (bicyclic) bond motifs is 1. The third-order valence-electron chi connectivity index (χ3n) is 6.08. The van der Waals surface area contributed by atoms with Crippen molar-refractivity contribution in [2.45, 2.75) is 37.1 Å². The zero-order valence-corrected chi connectivity index (χ0v) is 18.6. The molecule has 7 heteroatoms. The molecule has 156 valence electrons. The summed E-state index contributed by atoms with van der Waals surface area (Å²) in [6.07, 6.45) is 2.41. The normalized spacial score (nSPS) is 20.5. The number of rotatable bonds is 4. The van der Waals surface area contributed by atoms with Gasteiger partial charge in [0.15, 0.2) is 0 Å². The highest BCUT2D eigenvalue weighted by atomic mass is 35.5. The predicted molar refractivity (Wildman–Crippen MR) is 118 cm³/mol. The Bertz CT molecular complexity index is 1000. The van der Waals surface area contributed by atoms with Crippen molar-refractivity contribution in [2.24, 2.45) is 0 Å². The van der Waals surface area contributed by atoms with Crippen molar-refractivity contribution in [1.29, 1.82) is 0 Å². The van der Waals surface area contributed by atoms with Gasteiger partial charge in [-0.1, -0.05) is 29.8 Å². The van der Waals surface area contributed by atoms with Gasteiger partial charge in [0.1, 0.15) is 0 Å². The largest absolute Gasteiger partial charge is 0.369 e. The third-order valence-corrected chi connectivity index (χ3v) is 8.00. The van der Waals surface area contributed by atoms with Crippen LogP contribution in [0.5, 0.6) is 0 Å². The number of nitrogens with one attached hydrogen (secondary N) is 1. The second-order valence-corrected chi connectivity index (χ2v) is 10.3. The predicted octanol–water partition coefficient (Wildman–Crippen LogP) is 3.24. The van der Waals surface area contributed by atoms with Gasteiger partial charge in [-0.2, -0.15) is 0 Å². The molecule has 0 bridgehead atoms. The van der Waals surface area contributed by atoms with Gasteiger partial charge in [0.2, 0.25) is 10.0 Å². The molecule has 1 heterocycles. The number of nitrogens with zero attached hydrogens (tertiary/aromatic N) is 2. The summed E-state index contributed by atoms with van der Waals surface area (Å²) < 4.78 is 28.6. The lowest BCUT2D eigenvalue weighted by Crippen LogP contribution is -2.45. The van der Waals surface area contributed by atoms with Gasteiger partial charge < -0.3 is 9.80 Å². The average Bonchev–Trinajstić information content (AvgIpc) is 2.69. The Kier molecular flexibility index (Phi) is 5.89. The molecule has 0 unspecified atom stereocenters. The lowest BCUT2D eigenvalue weighted by Gasteiger charge is -2.37. The van der Waals surface area contributed by atoms with Crippen LogP contribution in [0.1, 0.15) is 23.1 Å². The molecule has 1 saturated heterocycles. The maximum atomic E-state index is 12.8. The zero-order chi connectivity index (χ0) is 20.6. The van der Waals surface area contributed by atoms with Crippen molar-refractivity contribution >= 4 is 27.3 Å². The van der Waals surface area contributed by atoms with Gasteiger partial charge in [-0.15, -0.1) is 0 Å². The summed E-state index contributed by atoms with van der Waals surface area (Å²) in [4.78, 5) is 5.05. The number of likely N-dealkylation sites (N-methyl/N-ethyl adjacent to an activating group) is 1. The molecular weight excluding hydrogens is 406 g/mol. The summed E-state index contributed by atoms with van der Waals surface area (Å²) in [5.74, 6) is 0. The summed E-state index contributed by atoms with van der Waals surface area (Å²) in [7, 11) is -1.43. The number of aryl methyl sites for hydroxylation is 1. The lowest BCUT2D eigenvalue weighted by molar-refractivity contribution is 0.312. The van der Waals surface area contributed by atoms with E-state index in [-0.39, 0.29) is 10.9 Å². The topological polar surface area (TPSA) is 52.7 Å². The van der Waals surface area contributed by atoms with Crippen molar-refractivity contribution in [2.75, 3.05) is 38.1 Å². The number of sulfonamides is 1. The van der Waals surface area contributed by atoms with Crippen LogP contribution in [-0.2, 0) is 22.9 Å². The van der Waals surface area contributed by atoms with E-state index >= 15 is 0 Å². The molecule has 0 radical (unpaired) electrons. The van der Waals surface area contributed by atoms with Crippen LogP contribution in [0.15, 0.2) is 41.3 Å². The first-order valence-electron chi connectivity index (χ1n) is 10.2. The van der Waals surface area contributed by atoms with E-state index < -0.39 is 10.0 Å². The maximum Gasteiger partial charge on any atom is 0.240 e. The summed E-state index contributed by atoms with van der Waals surface area (Å²) in [5, 5.41) is 0.471. The van der Waals surface area contributed by atoms with E-state index in [1.165, 1.54) is 22.9 Å². The van der Waals surface area contributed by atoms with Gasteiger partial charge in [0.05, 0.1) is 4.90 Å². The number of hydrogen-bond acceptors (Lipinski definition) is 4. The molecule has 1 aliphatic heterocycles. The molecule has 5 nitrogen and oxygen atoms in total. The Morgan fingerprint density at radius 2 is 1.86 bits per heavy atom. The van der Waals surface area contributed by atoms with Crippen LogP contribution in [0, 0.1) is 6.92 Å². The Morgan fingerprint density at radius 1 is 1.10 bits per heavy atom. The highest BCUT2D eigenvalue weighted by molar-refractivity contribution is 7.89. The number of halogens is 1. The first-order chi connectivity index (χ1) is 13.8. The quantitative estimate of drug-likeness (QED) is 0.804. The molecule has 29 heavy (non-hydrogen) atoms. The summed E-state index contributed by atoms with van der Waals surface area (Å²) >= 11 is 6.13. The third kappa shape index (κ3) is 4.45. The first-order valence-corrected chi connectivity index (χ1v) is 12.0. The van der Waals surface area contributed by atoms with E-state index in [0.29, 0.717) is 5.02 Å². The first kappa shape index (κ1) is 20.7. The summed E-state index contributed by atoms with van der Waals surface area (Å²) in [6, 6.07) is 11.2. The Balaban J connectivity index is 1.50. The number of anilines is 1. The summed E-state index contributed by atoms with van der Waals surface area (Å²) in [5.41, 5.74) is 4.82. The molecule has 0 amide bonds. The molecule has 1 aliphatic carbocycles. The van der Waals surface area contributed by atoms with E-state index in [0.717, 1.165) is 51.0 Å². The van der Waals surface area contributed by atoms with Gasteiger partial charge in [-0.3, -0.25) is 0 Å². The zero-order valence-electron chi connectivity index (χ0n) is 17.0. The van der Waals surface area contributed by atoms with Gasteiger partial charge in [-0.25, -0.2) is 13.1 Å². The fourth-order valence-corrected chi connectivity index (χ4v) is 5.80.